The lowest BCUT2D eigenvalue weighted by Crippen LogP contribution is -1.97. The molecule has 0 aliphatic heterocycles. The van der Waals surface area contributed by atoms with Crippen LogP contribution in [-0.4, -0.2) is 9.55 Å². The standard InChI is InChI=1S/C9H10N2S2/c1-2-4-11-5-3-7-8(9(11)12)13-6-10-7/h3,5-6H,2,4H2,1H3. The molecule has 0 aromatic carbocycles. The van der Waals surface area contributed by atoms with E-state index in [4.69, 9.17) is 12.2 Å². The Morgan fingerprint density at radius 1 is 1.62 bits per heavy atom. The average Bonchev–Trinajstić information content (AvgIpc) is 2.58. The topological polar surface area (TPSA) is 17.8 Å². The molecule has 2 nitrogen and oxygen atoms in total. The summed E-state index contributed by atoms with van der Waals surface area (Å²) in [6.07, 6.45) is 3.13. The van der Waals surface area contributed by atoms with E-state index >= 15 is 0 Å². The van der Waals surface area contributed by atoms with Crippen molar-refractivity contribution in [2.24, 2.45) is 0 Å². The summed E-state index contributed by atoms with van der Waals surface area (Å²) in [5.41, 5.74) is 2.86. The smallest absolute Gasteiger partial charge is 0.125 e. The van der Waals surface area contributed by atoms with Crippen LogP contribution in [-0.2, 0) is 6.54 Å². The Hall–Kier alpha value is -0.740. The predicted octanol–water partition coefficient (Wildman–Crippen LogP) is 3.24. The first kappa shape index (κ1) is 8.84. The maximum atomic E-state index is 5.35. The largest absolute Gasteiger partial charge is 0.338 e. The van der Waals surface area contributed by atoms with E-state index in [1.807, 2.05) is 17.8 Å². The monoisotopic (exact) mass is 210 g/mol. The molecule has 0 fully saturated rings. The van der Waals surface area contributed by atoms with Gasteiger partial charge in [0.15, 0.2) is 0 Å². The Bertz CT molecular complexity index is 470. The van der Waals surface area contributed by atoms with Crippen LogP contribution in [0.3, 0.4) is 0 Å². The van der Waals surface area contributed by atoms with E-state index in [2.05, 4.69) is 16.5 Å². The van der Waals surface area contributed by atoms with Crippen molar-refractivity contribution in [1.82, 2.24) is 9.55 Å². The van der Waals surface area contributed by atoms with E-state index < -0.39 is 0 Å². The van der Waals surface area contributed by atoms with Crippen molar-refractivity contribution in [2.75, 3.05) is 0 Å². The zero-order chi connectivity index (χ0) is 9.26. The predicted molar refractivity (Wildman–Crippen MR) is 58.7 cm³/mol. The lowest BCUT2D eigenvalue weighted by molar-refractivity contribution is 0.671. The third kappa shape index (κ3) is 1.51. The summed E-state index contributed by atoms with van der Waals surface area (Å²) in [5, 5.41) is 0. The summed E-state index contributed by atoms with van der Waals surface area (Å²) >= 11 is 6.96. The van der Waals surface area contributed by atoms with Crippen LogP contribution >= 0.6 is 23.6 Å². The molecule has 2 aromatic rings. The Labute approximate surface area is 85.9 Å². The maximum absolute atomic E-state index is 5.35. The molecular weight excluding hydrogens is 200 g/mol. The van der Waals surface area contributed by atoms with Crippen LogP contribution in [0.1, 0.15) is 13.3 Å². The summed E-state index contributed by atoms with van der Waals surface area (Å²) in [6, 6.07) is 2.03. The molecule has 0 radical (unpaired) electrons. The van der Waals surface area contributed by atoms with Crippen molar-refractivity contribution in [3.63, 3.8) is 0 Å². The Morgan fingerprint density at radius 2 is 2.46 bits per heavy atom. The van der Waals surface area contributed by atoms with Crippen LogP contribution in [0, 0.1) is 4.64 Å². The number of pyridine rings is 1. The van der Waals surface area contributed by atoms with Gasteiger partial charge in [0.1, 0.15) is 4.64 Å². The second-order valence-electron chi connectivity index (χ2n) is 2.88. The van der Waals surface area contributed by atoms with Gasteiger partial charge >= 0.3 is 0 Å². The highest BCUT2D eigenvalue weighted by Gasteiger charge is 2.00. The minimum Gasteiger partial charge on any atom is -0.338 e. The molecule has 2 heterocycles. The normalized spacial score (nSPS) is 10.8. The molecule has 0 unspecified atom stereocenters. The molecule has 0 N–H and O–H groups in total. The number of nitrogens with zero attached hydrogens (tertiary/aromatic N) is 2. The summed E-state index contributed by atoms with van der Waals surface area (Å²) in [5.74, 6) is 0. The number of thiazole rings is 1. The minimum absolute atomic E-state index is 0.918. The molecule has 0 amide bonds. The van der Waals surface area contributed by atoms with Crippen molar-refractivity contribution in [2.45, 2.75) is 19.9 Å². The van der Waals surface area contributed by atoms with Crippen LogP contribution in [0.2, 0.25) is 0 Å². The molecule has 0 spiro atoms. The van der Waals surface area contributed by atoms with Gasteiger partial charge in [-0.25, -0.2) is 4.98 Å². The van der Waals surface area contributed by atoms with Gasteiger partial charge in [0.2, 0.25) is 0 Å². The fraction of sp³-hybridized carbons (Fsp3) is 0.333. The van der Waals surface area contributed by atoms with Gasteiger partial charge in [-0.05, 0) is 12.5 Å². The first-order valence-electron chi connectivity index (χ1n) is 4.25. The van der Waals surface area contributed by atoms with E-state index in [-0.39, 0.29) is 0 Å². The van der Waals surface area contributed by atoms with Crippen molar-refractivity contribution in [3.05, 3.63) is 22.4 Å². The van der Waals surface area contributed by atoms with Gasteiger partial charge in [-0.1, -0.05) is 19.1 Å². The number of fused-ring (bicyclic) bond motifs is 1. The van der Waals surface area contributed by atoms with E-state index in [1.165, 1.54) is 0 Å². The first-order valence-corrected chi connectivity index (χ1v) is 5.54. The highest BCUT2D eigenvalue weighted by atomic mass is 32.1. The third-order valence-corrected chi connectivity index (χ3v) is 3.34. The maximum Gasteiger partial charge on any atom is 0.125 e. The molecule has 0 aliphatic carbocycles. The van der Waals surface area contributed by atoms with Gasteiger partial charge in [-0.15, -0.1) is 11.3 Å². The Balaban J connectivity index is 2.67. The number of aryl methyl sites for hydroxylation is 1. The van der Waals surface area contributed by atoms with Crippen molar-refractivity contribution < 1.29 is 0 Å². The molecular formula is C9H10N2S2. The molecule has 0 aliphatic rings. The van der Waals surface area contributed by atoms with Crippen LogP contribution in [0.15, 0.2) is 17.8 Å². The SMILES string of the molecule is CCCn1ccc2ncsc2c1=S. The number of rotatable bonds is 2. The van der Waals surface area contributed by atoms with E-state index in [0.717, 1.165) is 27.8 Å². The second kappa shape index (κ2) is 3.55. The van der Waals surface area contributed by atoms with Crippen LogP contribution in [0.25, 0.3) is 10.2 Å². The summed E-state index contributed by atoms with van der Waals surface area (Å²) < 4.78 is 4.16. The minimum atomic E-state index is 0.918. The Morgan fingerprint density at radius 3 is 3.23 bits per heavy atom. The quantitative estimate of drug-likeness (QED) is 0.708. The molecule has 0 atom stereocenters. The molecule has 13 heavy (non-hydrogen) atoms. The van der Waals surface area contributed by atoms with Gasteiger partial charge in [0.25, 0.3) is 0 Å². The third-order valence-electron chi connectivity index (χ3n) is 1.93. The number of aromatic nitrogens is 2. The van der Waals surface area contributed by atoms with Gasteiger partial charge in [0.05, 0.1) is 15.7 Å². The number of hydrogen-bond donors (Lipinski definition) is 0. The molecule has 68 valence electrons. The summed E-state index contributed by atoms with van der Waals surface area (Å²) in [6.45, 7) is 3.14. The van der Waals surface area contributed by atoms with E-state index in [1.54, 1.807) is 11.3 Å². The number of hydrogen-bond acceptors (Lipinski definition) is 3. The fourth-order valence-electron chi connectivity index (χ4n) is 1.31. The van der Waals surface area contributed by atoms with Gasteiger partial charge < -0.3 is 4.57 Å². The summed E-state index contributed by atoms with van der Waals surface area (Å²) in [4.78, 5) is 4.22. The van der Waals surface area contributed by atoms with Crippen molar-refractivity contribution in [1.29, 1.82) is 0 Å². The van der Waals surface area contributed by atoms with Gasteiger partial charge in [-0.2, -0.15) is 0 Å². The average molecular weight is 210 g/mol. The molecule has 0 bridgehead atoms. The van der Waals surface area contributed by atoms with E-state index in [9.17, 15) is 0 Å². The van der Waals surface area contributed by atoms with E-state index in [0.29, 0.717) is 0 Å². The second-order valence-corrected chi connectivity index (χ2v) is 4.12. The zero-order valence-corrected chi connectivity index (χ0v) is 8.99. The zero-order valence-electron chi connectivity index (χ0n) is 7.36. The highest BCUT2D eigenvalue weighted by molar-refractivity contribution is 7.71. The lowest BCUT2D eigenvalue weighted by Gasteiger charge is -2.03. The van der Waals surface area contributed by atoms with Gasteiger partial charge in [-0.3, -0.25) is 0 Å². The Kier molecular flexibility index (Phi) is 2.42. The fourth-order valence-corrected chi connectivity index (χ4v) is 2.44. The van der Waals surface area contributed by atoms with Crippen LogP contribution < -0.4 is 0 Å². The molecule has 4 heteroatoms. The van der Waals surface area contributed by atoms with Gasteiger partial charge in [0, 0.05) is 12.7 Å². The molecule has 0 saturated carbocycles. The molecule has 2 rings (SSSR count). The lowest BCUT2D eigenvalue weighted by atomic mass is 10.4. The molecule has 2 aromatic heterocycles. The first-order chi connectivity index (χ1) is 6.33. The summed E-state index contributed by atoms with van der Waals surface area (Å²) in [7, 11) is 0. The van der Waals surface area contributed by atoms with Crippen LogP contribution in [0.5, 0.6) is 0 Å². The highest BCUT2D eigenvalue weighted by Crippen LogP contribution is 2.18. The molecule has 0 saturated heterocycles. The van der Waals surface area contributed by atoms with Crippen molar-refractivity contribution >= 4 is 33.8 Å². The van der Waals surface area contributed by atoms with Crippen LogP contribution in [0.4, 0.5) is 0 Å². The van der Waals surface area contributed by atoms with Crippen molar-refractivity contribution in [3.8, 4) is 0 Å².